The summed E-state index contributed by atoms with van der Waals surface area (Å²) in [4.78, 5) is 14.5. The molecule has 1 saturated heterocycles. The van der Waals surface area contributed by atoms with Gasteiger partial charge < -0.3 is 4.90 Å². The molecule has 1 amide bonds. The molecule has 5 heteroatoms. The van der Waals surface area contributed by atoms with Crippen LogP contribution in [0.2, 0.25) is 5.02 Å². The number of hydrogen-bond acceptors (Lipinski definition) is 3. The molecule has 0 aliphatic carbocycles. The van der Waals surface area contributed by atoms with E-state index in [0.717, 1.165) is 17.9 Å². The fourth-order valence-electron chi connectivity index (χ4n) is 2.47. The molecule has 0 saturated carbocycles. The summed E-state index contributed by atoms with van der Waals surface area (Å²) in [5.74, 6) is 1.44. The van der Waals surface area contributed by atoms with Crippen LogP contribution in [0, 0.1) is 5.92 Å². The summed E-state index contributed by atoms with van der Waals surface area (Å²) in [6.45, 7) is 4.92. The van der Waals surface area contributed by atoms with Crippen LogP contribution in [-0.2, 0) is 4.79 Å². The van der Waals surface area contributed by atoms with E-state index >= 15 is 0 Å². The fraction of sp³-hybridized carbons (Fsp3) is 0.533. The third-order valence-corrected chi connectivity index (χ3v) is 4.43. The topological polar surface area (TPSA) is 32.3 Å². The highest BCUT2D eigenvalue weighted by molar-refractivity contribution is 7.98. The Labute approximate surface area is 130 Å². The molecule has 2 rings (SSSR count). The highest BCUT2D eigenvalue weighted by Crippen LogP contribution is 2.28. The zero-order chi connectivity index (χ0) is 14.7. The Kier molecular flexibility index (Phi) is 5.35. The number of nitrogens with one attached hydrogen (secondary N) is 1. The molecule has 1 N–H and O–H groups in total. The summed E-state index contributed by atoms with van der Waals surface area (Å²) in [5, 5.41) is 4.18. The molecule has 1 aliphatic heterocycles. The smallest absolute Gasteiger partial charge is 0.241 e. The Balaban J connectivity index is 2.23. The van der Waals surface area contributed by atoms with Crippen LogP contribution in [0.25, 0.3) is 0 Å². The van der Waals surface area contributed by atoms with Gasteiger partial charge in [-0.3, -0.25) is 10.1 Å². The van der Waals surface area contributed by atoms with Crippen LogP contribution in [0.15, 0.2) is 24.3 Å². The predicted octanol–water partition coefficient (Wildman–Crippen LogP) is 3.16. The van der Waals surface area contributed by atoms with Gasteiger partial charge in [-0.15, -0.1) is 0 Å². The zero-order valence-corrected chi connectivity index (χ0v) is 13.7. The van der Waals surface area contributed by atoms with Gasteiger partial charge in [-0.25, -0.2) is 0 Å². The summed E-state index contributed by atoms with van der Waals surface area (Å²) in [6, 6.07) is 7.62. The first-order chi connectivity index (χ1) is 9.54. The Morgan fingerprint density at radius 2 is 2.00 bits per heavy atom. The average Bonchev–Trinajstić information content (AvgIpc) is 2.75. The van der Waals surface area contributed by atoms with Gasteiger partial charge in [0.25, 0.3) is 0 Å². The Bertz CT molecular complexity index is 463. The molecule has 0 radical (unpaired) electrons. The van der Waals surface area contributed by atoms with Gasteiger partial charge in [0.05, 0.1) is 6.04 Å². The number of carbonyl (C=O) groups is 1. The molecule has 0 spiro atoms. The van der Waals surface area contributed by atoms with E-state index in [0.29, 0.717) is 5.02 Å². The van der Waals surface area contributed by atoms with Gasteiger partial charge in [0.1, 0.15) is 6.17 Å². The maximum Gasteiger partial charge on any atom is 0.241 e. The number of thioether (sulfide) groups is 1. The maximum atomic E-state index is 12.5. The number of nitrogens with zero attached hydrogens (tertiary/aromatic N) is 1. The van der Waals surface area contributed by atoms with Gasteiger partial charge in [0, 0.05) is 17.3 Å². The van der Waals surface area contributed by atoms with Gasteiger partial charge in [-0.05, 0) is 29.9 Å². The van der Waals surface area contributed by atoms with E-state index in [2.05, 4.69) is 25.4 Å². The molecule has 20 heavy (non-hydrogen) atoms. The van der Waals surface area contributed by atoms with Gasteiger partial charge >= 0.3 is 0 Å². The first kappa shape index (κ1) is 15.7. The van der Waals surface area contributed by atoms with Crippen molar-refractivity contribution in [2.45, 2.75) is 26.1 Å². The SMILES string of the molecule is CSCCN1C(=O)C(C(C)C)NC1c1ccc(Cl)cc1. The third-order valence-electron chi connectivity index (χ3n) is 3.59. The van der Waals surface area contributed by atoms with Gasteiger partial charge in [0.15, 0.2) is 0 Å². The van der Waals surface area contributed by atoms with E-state index in [4.69, 9.17) is 11.6 Å². The quantitative estimate of drug-likeness (QED) is 0.906. The number of halogens is 1. The highest BCUT2D eigenvalue weighted by Gasteiger charge is 2.40. The third kappa shape index (κ3) is 3.30. The van der Waals surface area contributed by atoms with Crippen LogP contribution < -0.4 is 5.32 Å². The van der Waals surface area contributed by atoms with Crippen LogP contribution in [0.3, 0.4) is 0 Å². The van der Waals surface area contributed by atoms with Crippen molar-refractivity contribution in [3.05, 3.63) is 34.9 Å². The standard InChI is InChI=1S/C15H21ClN2OS/c1-10(2)13-15(19)18(8-9-20-3)14(17-13)11-4-6-12(16)7-5-11/h4-7,10,13-14,17H,8-9H2,1-3H3. The van der Waals surface area contributed by atoms with E-state index in [1.54, 1.807) is 11.8 Å². The van der Waals surface area contributed by atoms with Crippen molar-refractivity contribution in [3.8, 4) is 0 Å². The second-order valence-corrected chi connectivity index (χ2v) is 6.79. The van der Waals surface area contributed by atoms with E-state index < -0.39 is 0 Å². The minimum absolute atomic E-state index is 0.0423. The molecule has 3 nitrogen and oxygen atoms in total. The zero-order valence-electron chi connectivity index (χ0n) is 12.1. The van der Waals surface area contributed by atoms with Crippen LogP contribution >= 0.6 is 23.4 Å². The average molecular weight is 313 g/mol. The monoisotopic (exact) mass is 312 g/mol. The Morgan fingerprint density at radius 1 is 1.35 bits per heavy atom. The summed E-state index contributed by atoms with van der Waals surface area (Å²) in [6.07, 6.45) is 2.02. The molecule has 1 aromatic carbocycles. The predicted molar refractivity (Wildman–Crippen MR) is 86.0 cm³/mol. The molecule has 1 aromatic rings. The molecule has 0 bridgehead atoms. The number of rotatable bonds is 5. The van der Waals surface area contributed by atoms with E-state index in [9.17, 15) is 4.79 Å². The lowest BCUT2D eigenvalue weighted by Crippen LogP contribution is -2.35. The molecule has 1 aliphatic rings. The second kappa shape index (κ2) is 6.83. The number of benzene rings is 1. The first-order valence-corrected chi connectivity index (χ1v) is 8.62. The summed E-state index contributed by atoms with van der Waals surface area (Å²) in [7, 11) is 0. The van der Waals surface area contributed by atoms with Crippen molar-refractivity contribution in [1.82, 2.24) is 10.2 Å². The van der Waals surface area contributed by atoms with Gasteiger partial charge in [-0.2, -0.15) is 11.8 Å². The molecule has 2 atom stereocenters. The lowest BCUT2D eigenvalue weighted by atomic mass is 10.1. The van der Waals surface area contributed by atoms with Crippen molar-refractivity contribution < 1.29 is 4.79 Å². The molecule has 0 aromatic heterocycles. The van der Waals surface area contributed by atoms with Crippen molar-refractivity contribution in [2.75, 3.05) is 18.6 Å². The lowest BCUT2D eigenvalue weighted by molar-refractivity contribution is -0.130. The maximum absolute atomic E-state index is 12.5. The van der Waals surface area contributed by atoms with Crippen LogP contribution in [0.1, 0.15) is 25.6 Å². The number of amides is 1. The summed E-state index contributed by atoms with van der Waals surface area (Å²) >= 11 is 7.70. The molecule has 110 valence electrons. The van der Waals surface area contributed by atoms with Gasteiger partial charge in [-0.1, -0.05) is 37.6 Å². The Morgan fingerprint density at radius 3 is 2.55 bits per heavy atom. The number of carbonyl (C=O) groups excluding carboxylic acids is 1. The van der Waals surface area contributed by atoms with Crippen molar-refractivity contribution >= 4 is 29.3 Å². The number of hydrogen-bond donors (Lipinski definition) is 1. The van der Waals surface area contributed by atoms with Crippen molar-refractivity contribution in [1.29, 1.82) is 0 Å². The summed E-state index contributed by atoms with van der Waals surface area (Å²) in [5.41, 5.74) is 1.09. The second-order valence-electron chi connectivity index (χ2n) is 5.37. The summed E-state index contributed by atoms with van der Waals surface area (Å²) < 4.78 is 0. The van der Waals surface area contributed by atoms with Gasteiger partial charge in [0.2, 0.25) is 5.91 Å². The largest absolute Gasteiger partial charge is 0.321 e. The van der Waals surface area contributed by atoms with E-state index in [1.807, 2.05) is 29.2 Å². The van der Waals surface area contributed by atoms with E-state index in [-0.39, 0.29) is 24.0 Å². The fourth-order valence-corrected chi connectivity index (χ4v) is 2.97. The van der Waals surface area contributed by atoms with Crippen molar-refractivity contribution in [2.24, 2.45) is 5.92 Å². The molecular weight excluding hydrogens is 292 g/mol. The minimum atomic E-state index is -0.0995. The first-order valence-electron chi connectivity index (χ1n) is 6.85. The molecular formula is C15H21ClN2OS. The Hall–Kier alpha value is -0.710. The van der Waals surface area contributed by atoms with Crippen LogP contribution in [-0.4, -0.2) is 35.4 Å². The lowest BCUT2D eigenvalue weighted by Gasteiger charge is -2.24. The normalized spacial score (nSPS) is 22.9. The molecule has 2 unspecified atom stereocenters. The minimum Gasteiger partial charge on any atom is -0.321 e. The van der Waals surface area contributed by atoms with Crippen LogP contribution in [0.4, 0.5) is 0 Å². The highest BCUT2D eigenvalue weighted by atomic mass is 35.5. The molecule has 1 fully saturated rings. The van der Waals surface area contributed by atoms with Crippen LogP contribution in [0.5, 0.6) is 0 Å². The van der Waals surface area contributed by atoms with E-state index in [1.165, 1.54) is 0 Å². The molecule has 1 heterocycles. The van der Waals surface area contributed by atoms with Crippen molar-refractivity contribution in [3.63, 3.8) is 0 Å².